The Bertz CT molecular complexity index is 511. The first-order valence-electron chi connectivity index (χ1n) is 8.07. The highest BCUT2D eigenvalue weighted by Gasteiger charge is 2.33. The van der Waals surface area contributed by atoms with E-state index >= 15 is 0 Å². The number of rotatable bonds is 8. The van der Waals surface area contributed by atoms with Crippen LogP contribution < -0.4 is 4.90 Å². The normalized spacial score (nSPS) is 18.9. The monoisotopic (exact) mass is 339 g/mol. The first kappa shape index (κ1) is 18.1. The van der Waals surface area contributed by atoms with Crippen LogP contribution in [-0.2, 0) is 4.79 Å². The van der Waals surface area contributed by atoms with Crippen molar-refractivity contribution in [3.05, 3.63) is 29.3 Å². The number of aliphatic carboxylic acids is 1. The predicted octanol–water partition coefficient (Wildman–Crippen LogP) is 2.51. The number of halogens is 1. The first-order chi connectivity index (χ1) is 11.0. The number of benzene rings is 1. The van der Waals surface area contributed by atoms with Gasteiger partial charge in [-0.3, -0.25) is 4.79 Å². The smallest absolute Gasteiger partial charge is 0.451 e. The molecule has 23 heavy (non-hydrogen) atoms. The molecule has 1 aliphatic heterocycles. The summed E-state index contributed by atoms with van der Waals surface area (Å²) in [6.45, 7) is 1.59. The van der Waals surface area contributed by atoms with E-state index in [0.717, 1.165) is 25.2 Å². The molecule has 0 bridgehead atoms. The minimum absolute atomic E-state index is 0.127. The Morgan fingerprint density at radius 2 is 2.00 bits per heavy atom. The Balaban J connectivity index is 1.88. The molecule has 3 N–H and O–H groups in total. The second-order valence-corrected chi connectivity index (χ2v) is 6.62. The molecule has 126 valence electrons. The number of hydrogen-bond donors (Lipinski definition) is 3. The molecular formula is C16H23BClNO4. The van der Waals surface area contributed by atoms with Crippen molar-refractivity contribution < 1.29 is 19.9 Å². The molecule has 1 aromatic rings. The zero-order valence-electron chi connectivity index (χ0n) is 13.1. The molecule has 1 unspecified atom stereocenters. The van der Waals surface area contributed by atoms with Crippen LogP contribution in [0.15, 0.2) is 24.3 Å². The van der Waals surface area contributed by atoms with Gasteiger partial charge in [-0.05, 0) is 49.3 Å². The van der Waals surface area contributed by atoms with E-state index in [9.17, 15) is 9.90 Å². The third kappa shape index (κ3) is 5.41. The van der Waals surface area contributed by atoms with Crippen molar-refractivity contribution in [2.75, 3.05) is 18.0 Å². The third-order valence-electron chi connectivity index (χ3n) is 4.53. The Morgan fingerprint density at radius 3 is 2.61 bits per heavy atom. The van der Waals surface area contributed by atoms with Gasteiger partial charge in [-0.25, -0.2) is 0 Å². The van der Waals surface area contributed by atoms with Gasteiger partial charge in [0.05, 0.1) is 5.92 Å². The largest absolute Gasteiger partial charge is 0.481 e. The molecule has 1 aromatic carbocycles. The van der Waals surface area contributed by atoms with Crippen LogP contribution in [0.25, 0.3) is 0 Å². The average Bonchev–Trinajstić information content (AvgIpc) is 2.96. The Labute approximate surface area is 142 Å². The number of carboxylic acids is 1. The maximum absolute atomic E-state index is 11.6. The molecule has 1 saturated heterocycles. The highest BCUT2D eigenvalue weighted by atomic mass is 35.5. The molecule has 2 rings (SSSR count). The van der Waals surface area contributed by atoms with Crippen LogP contribution in [0.5, 0.6) is 0 Å². The summed E-state index contributed by atoms with van der Waals surface area (Å²) in [5.41, 5.74) is 1.07. The van der Waals surface area contributed by atoms with Crippen molar-refractivity contribution in [2.24, 2.45) is 11.8 Å². The zero-order chi connectivity index (χ0) is 16.8. The molecule has 7 heteroatoms. The van der Waals surface area contributed by atoms with Gasteiger partial charge < -0.3 is 20.1 Å². The standard InChI is InChI=1S/C16H23BClNO4/c18-13-4-6-14(7-5-13)19-10-8-12(11-19)15(16(20)21)3-1-2-9-17(22)23/h4-7,12,15,22-23H,1-3,8-11H2,(H,20,21)/t12?,15-/m1/s1. The number of anilines is 1. The fourth-order valence-electron chi connectivity index (χ4n) is 3.25. The Hall–Kier alpha value is -1.24. The van der Waals surface area contributed by atoms with Crippen molar-refractivity contribution in [3.8, 4) is 0 Å². The average molecular weight is 340 g/mol. The molecule has 0 aliphatic carbocycles. The molecule has 0 amide bonds. The molecule has 0 aromatic heterocycles. The van der Waals surface area contributed by atoms with Gasteiger partial charge in [-0.1, -0.05) is 24.4 Å². The van der Waals surface area contributed by atoms with Crippen molar-refractivity contribution in [1.82, 2.24) is 0 Å². The number of hydrogen-bond acceptors (Lipinski definition) is 4. The summed E-state index contributed by atoms with van der Waals surface area (Å²) < 4.78 is 0. The Morgan fingerprint density at radius 1 is 1.30 bits per heavy atom. The van der Waals surface area contributed by atoms with E-state index in [1.54, 1.807) is 0 Å². The van der Waals surface area contributed by atoms with Crippen LogP contribution in [0.2, 0.25) is 11.3 Å². The maximum atomic E-state index is 11.6. The van der Waals surface area contributed by atoms with E-state index < -0.39 is 13.1 Å². The second-order valence-electron chi connectivity index (χ2n) is 6.18. The molecular weight excluding hydrogens is 316 g/mol. The number of carbonyl (C=O) groups is 1. The molecule has 5 nitrogen and oxygen atoms in total. The fraction of sp³-hybridized carbons (Fsp3) is 0.562. The van der Waals surface area contributed by atoms with Gasteiger partial charge in [0.1, 0.15) is 0 Å². The van der Waals surface area contributed by atoms with E-state index in [0.29, 0.717) is 30.6 Å². The lowest BCUT2D eigenvalue weighted by Gasteiger charge is -2.22. The van der Waals surface area contributed by atoms with Gasteiger partial charge in [0.15, 0.2) is 0 Å². The highest BCUT2D eigenvalue weighted by molar-refractivity contribution is 6.40. The van der Waals surface area contributed by atoms with Crippen LogP contribution in [0.4, 0.5) is 5.69 Å². The predicted molar refractivity (Wildman–Crippen MR) is 91.7 cm³/mol. The number of unbranched alkanes of at least 4 members (excludes halogenated alkanes) is 1. The SMILES string of the molecule is O=C(O)[C@H](CCCCB(O)O)C1CCN(c2ccc(Cl)cc2)C1. The molecule has 0 saturated carbocycles. The summed E-state index contributed by atoms with van der Waals surface area (Å²) in [4.78, 5) is 13.8. The zero-order valence-corrected chi connectivity index (χ0v) is 13.8. The molecule has 1 aliphatic rings. The van der Waals surface area contributed by atoms with Gasteiger partial charge in [0.2, 0.25) is 0 Å². The van der Waals surface area contributed by atoms with Crippen LogP contribution in [0.3, 0.4) is 0 Å². The van der Waals surface area contributed by atoms with Crippen molar-refractivity contribution in [3.63, 3.8) is 0 Å². The number of carboxylic acid groups (broad SMARTS) is 1. The van der Waals surface area contributed by atoms with Gasteiger partial charge in [-0.15, -0.1) is 0 Å². The molecule has 1 fully saturated rings. The molecule has 0 spiro atoms. The van der Waals surface area contributed by atoms with Gasteiger partial charge in [0.25, 0.3) is 0 Å². The van der Waals surface area contributed by atoms with E-state index in [2.05, 4.69) is 4.90 Å². The van der Waals surface area contributed by atoms with Crippen LogP contribution >= 0.6 is 11.6 Å². The molecule has 1 heterocycles. The van der Waals surface area contributed by atoms with E-state index in [1.807, 2.05) is 24.3 Å². The summed E-state index contributed by atoms with van der Waals surface area (Å²) in [7, 11) is -1.30. The summed E-state index contributed by atoms with van der Waals surface area (Å²) in [5, 5.41) is 27.9. The van der Waals surface area contributed by atoms with Gasteiger partial charge in [0, 0.05) is 23.8 Å². The summed E-state index contributed by atoms with van der Waals surface area (Å²) >= 11 is 5.90. The summed E-state index contributed by atoms with van der Waals surface area (Å²) in [5.74, 6) is -0.997. The van der Waals surface area contributed by atoms with Crippen molar-refractivity contribution in [2.45, 2.75) is 32.0 Å². The van der Waals surface area contributed by atoms with Gasteiger partial charge >= 0.3 is 13.1 Å². The fourth-order valence-corrected chi connectivity index (χ4v) is 3.38. The van der Waals surface area contributed by atoms with Crippen LogP contribution in [0.1, 0.15) is 25.7 Å². The van der Waals surface area contributed by atoms with Crippen molar-refractivity contribution in [1.29, 1.82) is 0 Å². The van der Waals surface area contributed by atoms with Crippen LogP contribution in [-0.4, -0.2) is 41.3 Å². The van der Waals surface area contributed by atoms with E-state index in [1.165, 1.54) is 0 Å². The minimum Gasteiger partial charge on any atom is -0.481 e. The lowest BCUT2D eigenvalue weighted by Crippen LogP contribution is -2.27. The number of nitrogens with zero attached hydrogens (tertiary/aromatic N) is 1. The van der Waals surface area contributed by atoms with Crippen molar-refractivity contribution >= 4 is 30.4 Å². The first-order valence-corrected chi connectivity index (χ1v) is 8.44. The quantitative estimate of drug-likeness (QED) is 0.501. The summed E-state index contributed by atoms with van der Waals surface area (Å²) in [6.07, 6.45) is 3.08. The van der Waals surface area contributed by atoms with E-state index in [4.69, 9.17) is 21.6 Å². The highest BCUT2D eigenvalue weighted by Crippen LogP contribution is 2.32. The van der Waals surface area contributed by atoms with E-state index in [-0.39, 0.29) is 11.8 Å². The lowest BCUT2D eigenvalue weighted by atomic mass is 9.81. The van der Waals surface area contributed by atoms with Crippen LogP contribution in [0, 0.1) is 11.8 Å². The minimum atomic E-state index is -1.30. The lowest BCUT2D eigenvalue weighted by molar-refractivity contribution is -0.143. The maximum Gasteiger partial charge on any atom is 0.451 e. The molecule has 0 radical (unpaired) electrons. The topological polar surface area (TPSA) is 81.0 Å². The Kier molecular flexibility index (Phi) is 6.75. The summed E-state index contributed by atoms with van der Waals surface area (Å²) in [6, 6.07) is 7.62. The second kappa shape index (κ2) is 8.57. The third-order valence-corrected chi connectivity index (χ3v) is 4.78. The van der Waals surface area contributed by atoms with Gasteiger partial charge in [-0.2, -0.15) is 0 Å². The molecule has 2 atom stereocenters.